The second-order valence-electron chi connectivity index (χ2n) is 3.57. The summed E-state index contributed by atoms with van der Waals surface area (Å²) in [6, 6.07) is 3.37. The van der Waals surface area contributed by atoms with E-state index < -0.39 is 5.97 Å². The maximum atomic E-state index is 11.5. The average molecular weight is 264 g/mol. The Morgan fingerprint density at radius 2 is 2.16 bits per heavy atom. The maximum absolute atomic E-state index is 11.5. The topological polar surface area (TPSA) is 77.5 Å². The summed E-state index contributed by atoms with van der Waals surface area (Å²) in [6.45, 7) is 3.20. The zero-order valence-electron chi connectivity index (χ0n) is 11.1. The SMILES string of the molecule is CCOC(=O)/C(=C\Nc1ccc(OC)nc1)C(C)=O. The monoisotopic (exact) mass is 264 g/mol. The van der Waals surface area contributed by atoms with E-state index >= 15 is 0 Å². The van der Waals surface area contributed by atoms with Crippen molar-refractivity contribution in [2.45, 2.75) is 13.8 Å². The molecule has 0 amide bonds. The third kappa shape index (κ3) is 4.42. The molecule has 1 aromatic heterocycles. The first kappa shape index (κ1) is 14.7. The van der Waals surface area contributed by atoms with E-state index in [1.54, 1.807) is 19.1 Å². The van der Waals surface area contributed by atoms with Crippen molar-refractivity contribution in [1.82, 2.24) is 4.98 Å². The first-order valence-corrected chi connectivity index (χ1v) is 5.73. The third-order valence-electron chi connectivity index (χ3n) is 2.20. The van der Waals surface area contributed by atoms with E-state index in [4.69, 9.17) is 9.47 Å². The molecule has 0 spiro atoms. The Hall–Kier alpha value is -2.37. The fourth-order valence-electron chi connectivity index (χ4n) is 1.26. The molecule has 0 saturated heterocycles. The summed E-state index contributed by atoms with van der Waals surface area (Å²) in [5.41, 5.74) is 0.585. The molecule has 1 rings (SSSR count). The van der Waals surface area contributed by atoms with Crippen LogP contribution in [-0.2, 0) is 14.3 Å². The van der Waals surface area contributed by atoms with E-state index in [0.717, 1.165) is 0 Å². The fraction of sp³-hybridized carbons (Fsp3) is 0.308. The van der Waals surface area contributed by atoms with Crippen LogP contribution in [0.5, 0.6) is 5.88 Å². The smallest absolute Gasteiger partial charge is 0.343 e. The van der Waals surface area contributed by atoms with Gasteiger partial charge >= 0.3 is 5.97 Å². The van der Waals surface area contributed by atoms with E-state index in [0.29, 0.717) is 11.6 Å². The molecule has 1 aromatic rings. The highest BCUT2D eigenvalue weighted by Crippen LogP contribution is 2.11. The van der Waals surface area contributed by atoms with E-state index in [-0.39, 0.29) is 18.0 Å². The number of ether oxygens (including phenoxy) is 2. The van der Waals surface area contributed by atoms with Gasteiger partial charge < -0.3 is 14.8 Å². The van der Waals surface area contributed by atoms with Gasteiger partial charge in [-0.15, -0.1) is 0 Å². The lowest BCUT2D eigenvalue weighted by molar-refractivity contribution is -0.139. The zero-order valence-corrected chi connectivity index (χ0v) is 11.1. The van der Waals surface area contributed by atoms with Crippen molar-refractivity contribution in [2.75, 3.05) is 19.0 Å². The molecule has 1 N–H and O–H groups in total. The third-order valence-corrected chi connectivity index (χ3v) is 2.20. The summed E-state index contributed by atoms with van der Waals surface area (Å²) in [5.74, 6) is -0.539. The van der Waals surface area contributed by atoms with Gasteiger partial charge in [0.2, 0.25) is 5.88 Å². The molecule has 0 fully saturated rings. The average Bonchev–Trinajstić information content (AvgIpc) is 2.39. The highest BCUT2D eigenvalue weighted by Gasteiger charge is 2.15. The van der Waals surface area contributed by atoms with Crippen LogP contribution in [0.25, 0.3) is 0 Å². The van der Waals surface area contributed by atoms with Crippen molar-refractivity contribution in [3.05, 3.63) is 30.1 Å². The Kier molecular flexibility index (Phi) is 5.53. The maximum Gasteiger partial charge on any atom is 0.343 e. The van der Waals surface area contributed by atoms with Crippen LogP contribution in [0.2, 0.25) is 0 Å². The second-order valence-corrected chi connectivity index (χ2v) is 3.57. The predicted octanol–water partition coefficient (Wildman–Crippen LogP) is 1.54. The lowest BCUT2D eigenvalue weighted by atomic mass is 10.2. The highest BCUT2D eigenvalue weighted by atomic mass is 16.5. The molecule has 0 aliphatic heterocycles. The Morgan fingerprint density at radius 1 is 1.42 bits per heavy atom. The molecule has 19 heavy (non-hydrogen) atoms. The van der Waals surface area contributed by atoms with Crippen LogP contribution >= 0.6 is 0 Å². The number of carbonyl (C=O) groups excluding carboxylic acids is 2. The lowest BCUT2D eigenvalue weighted by Gasteiger charge is -2.05. The summed E-state index contributed by atoms with van der Waals surface area (Å²) in [7, 11) is 1.52. The largest absolute Gasteiger partial charge is 0.481 e. The summed E-state index contributed by atoms with van der Waals surface area (Å²) in [4.78, 5) is 26.8. The van der Waals surface area contributed by atoms with E-state index in [2.05, 4.69) is 10.3 Å². The molecule has 0 unspecified atom stereocenters. The molecular formula is C13H16N2O4. The van der Waals surface area contributed by atoms with Gasteiger partial charge in [-0.2, -0.15) is 0 Å². The van der Waals surface area contributed by atoms with Crippen LogP contribution in [0.3, 0.4) is 0 Å². The zero-order chi connectivity index (χ0) is 14.3. The van der Waals surface area contributed by atoms with Gasteiger partial charge in [-0.1, -0.05) is 0 Å². The molecule has 102 valence electrons. The Morgan fingerprint density at radius 3 is 2.63 bits per heavy atom. The van der Waals surface area contributed by atoms with E-state index in [9.17, 15) is 9.59 Å². The van der Waals surface area contributed by atoms with Crippen LogP contribution in [0.4, 0.5) is 5.69 Å². The first-order valence-electron chi connectivity index (χ1n) is 5.73. The van der Waals surface area contributed by atoms with Crippen molar-refractivity contribution in [3.63, 3.8) is 0 Å². The van der Waals surface area contributed by atoms with Crippen molar-refractivity contribution in [3.8, 4) is 5.88 Å². The number of anilines is 1. The van der Waals surface area contributed by atoms with Gasteiger partial charge in [-0.3, -0.25) is 4.79 Å². The van der Waals surface area contributed by atoms with Crippen LogP contribution < -0.4 is 10.1 Å². The number of nitrogens with one attached hydrogen (secondary N) is 1. The standard InChI is InChI=1S/C13H16N2O4/c1-4-19-13(17)11(9(2)16)8-14-10-5-6-12(18-3)15-7-10/h5-8,14H,4H2,1-3H3/b11-8-. The van der Waals surface area contributed by atoms with E-state index in [1.807, 2.05) is 0 Å². The predicted molar refractivity (Wildman–Crippen MR) is 69.8 cm³/mol. The van der Waals surface area contributed by atoms with Crippen molar-refractivity contribution in [1.29, 1.82) is 0 Å². The first-order chi connectivity index (χ1) is 9.08. The minimum Gasteiger partial charge on any atom is -0.481 e. The van der Waals surface area contributed by atoms with Gasteiger partial charge in [0.1, 0.15) is 5.57 Å². The van der Waals surface area contributed by atoms with Gasteiger partial charge in [-0.05, 0) is 19.9 Å². The lowest BCUT2D eigenvalue weighted by Crippen LogP contribution is -2.15. The number of hydrogen-bond donors (Lipinski definition) is 1. The number of esters is 1. The number of nitrogens with zero attached hydrogens (tertiary/aromatic N) is 1. The van der Waals surface area contributed by atoms with Crippen molar-refractivity contribution < 1.29 is 19.1 Å². The Bertz CT molecular complexity index is 480. The van der Waals surface area contributed by atoms with Crippen LogP contribution in [0.1, 0.15) is 13.8 Å². The molecule has 0 aliphatic rings. The summed E-state index contributed by atoms with van der Waals surface area (Å²) < 4.78 is 9.71. The summed E-state index contributed by atoms with van der Waals surface area (Å²) in [5, 5.41) is 2.81. The molecule has 6 heteroatoms. The Labute approximate surface area is 111 Å². The number of methoxy groups -OCH3 is 1. The van der Waals surface area contributed by atoms with Crippen LogP contribution in [0.15, 0.2) is 30.1 Å². The number of pyridine rings is 1. The van der Waals surface area contributed by atoms with E-state index in [1.165, 1.54) is 26.4 Å². The van der Waals surface area contributed by atoms with Crippen LogP contribution in [-0.4, -0.2) is 30.5 Å². The molecule has 0 saturated carbocycles. The summed E-state index contributed by atoms with van der Waals surface area (Å²) in [6.07, 6.45) is 2.84. The van der Waals surface area contributed by atoms with Gasteiger partial charge in [-0.25, -0.2) is 9.78 Å². The molecule has 0 aromatic carbocycles. The normalized spacial score (nSPS) is 10.8. The minimum atomic E-state index is -0.649. The number of carbonyl (C=O) groups is 2. The highest BCUT2D eigenvalue weighted by molar-refractivity contribution is 6.16. The van der Waals surface area contributed by atoms with Gasteiger partial charge in [0.05, 0.1) is 25.6 Å². The molecule has 1 heterocycles. The minimum absolute atomic E-state index is 0.0438. The fourth-order valence-corrected chi connectivity index (χ4v) is 1.26. The van der Waals surface area contributed by atoms with Gasteiger partial charge in [0, 0.05) is 12.3 Å². The number of Topliss-reactive ketones (excluding diaryl/α,β-unsaturated/α-hetero) is 1. The van der Waals surface area contributed by atoms with Gasteiger partial charge in [0.15, 0.2) is 5.78 Å². The second kappa shape index (κ2) is 7.15. The molecular weight excluding hydrogens is 248 g/mol. The Balaban J connectivity index is 2.79. The van der Waals surface area contributed by atoms with Crippen LogP contribution in [0, 0.1) is 0 Å². The molecule has 0 radical (unpaired) electrons. The summed E-state index contributed by atoms with van der Waals surface area (Å²) >= 11 is 0. The number of rotatable bonds is 6. The molecule has 0 bridgehead atoms. The molecule has 6 nitrogen and oxygen atoms in total. The number of hydrogen-bond acceptors (Lipinski definition) is 6. The quantitative estimate of drug-likeness (QED) is 0.363. The number of aromatic nitrogens is 1. The molecule has 0 atom stereocenters. The van der Waals surface area contributed by atoms with Crippen molar-refractivity contribution in [2.24, 2.45) is 0 Å². The number of ketones is 1. The molecule has 0 aliphatic carbocycles. The van der Waals surface area contributed by atoms with Gasteiger partial charge in [0.25, 0.3) is 0 Å². The van der Waals surface area contributed by atoms with Crippen molar-refractivity contribution >= 4 is 17.4 Å².